The van der Waals surface area contributed by atoms with E-state index in [9.17, 15) is 4.39 Å². The molecule has 0 amide bonds. The second kappa shape index (κ2) is 7.69. The minimum absolute atomic E-state index is 0.235. The molecule has 0 radical (unpaired) electrons. The number of alkyl halides is 1. The van der Waals surface area contributed by atoms with Gasteiger partial charge in [0.15, 0.2) is 0 Å². The molecule has 90 valence electrons. The summed E-state index contributed by atoms with van der Waals surface area (Å²) in [6.45, 7) is 2.68. The zero-order chi connectivity index (χ0) is 11.8. The summed E-state index contributed by atoms with van der Waals surface area (Å²) in [5.41, 5.74) is 1.37. The number of benzene rings is 1. The third-order valence-corrected chi connectivity index (χ3v) is 3.36. The van der Waals surface area contributed by atoms with Gasteiger partial charge in [-0.05, 0) is 44.2 Å². The van der Waals surface area contributed by atoms with Gasteiger partial charge in [0.25, 0.3) is 0 Å². The van der Waals surface area contributed by atoms with Crippen LogP contribution in [0, 0.1) is 0 Å². The Balaban J connectivity index is 2.45. The molecule has 0 spiro atoms. The van der Waals surface area contributed by atoms with Crippen molar-refractivity contribution in [2.24, 2.45) is 0 Å². The van der Waals surface area contributed by atoms with Gasteiger partial charge in [0.1, 0.15) is 0 Å². The van der Waals surface area contributed by atoms with Gasteiger partial charge in [-0.3, -0.25) is 4.39 Å². The van der Waals surface area contributed by atoms with Crippen LogP contribution < -0.4 is 5.32 Å². The van der Waals surface area contributed by atoms with Crippen molar-refractivity contribution >= 4 is 11.8 Å². The SMILES string of the molecule is CSc1ccccc1CC(C)NCCCF. The summed E-state index contributed by atoms with van der Waals surface area (Å²) in [7, 11) is 0. The van der Waals surface area contributed by atoms with E-state index in [4.69, 9.17) is 0 Å². The van der Waals surface area contributed by atoms with E-state index in [1.807, 2.05) is 0 Å². The Labute approximate surface area is 102 Å². The maximum atomic E-state index is 11.9. The molecule has 1 N–H and O–H groups in total. The van der Waals surface area contributed by atoms with Gasteiger partial charge in [-0.25, -0.2) is 0 Å². The van der Waals surface area contributed by atoms with Crippen LogP contribution in [0.5, 0.6) is 0 Å². The van der Waals surface area contributed by atoms with Crippen molar-refractivity contribution in [3.05, 3.63) is 29.8 Å². The highest BCUT2D eigenvalue weighted by atomic mass is 32.2. The molecule has 0 aliphatic carbocycles. The summed E-state index contributed by atoms with van der Waals surface area (Å²) < 4.78 is 11.9. The Morgan fingerprint density at radius 2 is 2.12 bits per heavy atom. The lowest BCUT2D eigenvalue weighted by Gasteiger charge is -2.15. The fourth-order valence-electron chi connectivity index (χ4n) is 1.69. The highest BCUT2D eigenvalue weighted by Crippen LogP contribution is 2.20. The Morgan fingerprint density at radius 1 is 1.38 bits per heavy atom. The molecule has 0 heterocycles. The van der Waals surface area contributed by atoms with E-state index in [1.165, 1.54) is 10.5 Å². The molecule has 1 aromatic rings. The molecule has 0 fully saturated rings. The fourth-order valence-corrected chi connectivity index (χ4v) is 2.32. The monoisotopic (exact) mass is 241 g/mol. The summed E-state index contributed by atoms with van der Waals surface area (Å²) in [5, 5.41) is 3.33. The van der Waals surface area contributed by atoms with Gasteiger partial charge in [0, 0.05) is 10.9 Å². The van der Waals surface area contributed by atoms with Crippen LogP contribution in [-0.4, -0.2) is 25.5 Å². The van der Waals surface area contributed by atoms with Crippen molar-refractivity contribution in [3.63, 3.8) is 0 Å². The number of hydrogen-bond donors (Lipinski definition) is 1. The molecule has 1 rings (SSSR count). The molecule has 0 aromatic heterocycles. The predicted molar refractivity (Wildman–Crippen MR) is 70.0 cm³/mol. The average molecular weight is 241 g/mol. The standard InChI is InChI=1S/C13H20FNS/c1-11(15-9-5-8-14)10-12-6-3-4-7-13(12)16-2/h3-4,6-7,11,15H,5,8-10H2,1-2H3. The number of halogens is 1. The van der Waals surface area contributed by atoms with Gasteiger partial charge in [-0.15, -0.1) is 11.8 Å². The smallest absolute Gasteiger partial charge is 0.0906 e. The van der Waals surface area contributed by atoms with Crippen LogP contribution in [-0.2, 0) is 6.42 Å². The first kappa shape index (κ1) is 13.5. The molecule has 1 nitrogen and oxygen atoms in total. The van der Waals surface area contributed by atoms with Crippen molar-refractivity contribution < 1.29 is 4.39 Å². The third-order valence-electron chi connectivity index (χ3n) is 2.52. The molecule has 1 atom stereocenters. The zero-order valence-corrected chi connectivity index (χ0v) is 10.8. The van der Waals surface area contributed by atoms with Crippen molar-refractivity contribution in [2.45, 2.75) is 30.7 Å². The summed E-state index contributed by atoms with van der Waals surface area (Å²) in [5.74, 6) is 0. The summed E-state index contributed by atoms with van der Waals surface area (Å²) in [6, 6.07) is 8.85. The average Bonchev–Trinajstić information content (AvgIpc) is 2.30. The lowest BCUT2D eigenvalue weighted by Crippen LogP contribution is -2.29. The van der Waals surface area contributed by atoms with E-state index < -0.39 is 0 Å². The molecule has 1 unspecified atom stereocenters. The van der Waals surface area contributed by atoms with E-state index in [2.05, 4.69) is 42.8 Å². The maximum Gasteiger partial charge on any atom is 0.0906 e. The largest absolute Gasteiger partial charge is 0.314 e. The number of hydrogen-bond acceptors (Lipinski definition) is 2. The van der Waals surface area contributed by atoms with Crippen molar-refractivity contribution in [3.8, 4) is 0 Å². The lowest BCUT2D eigenvalue weighted by atomic mass is 10.1. The molecular weight excluding hydrogens is 221 g/mol. The van der Waals surface area contributed by atoms with E-state index in [-0.39, 0.29) is 6.67 Å². The molecule has 3 heteroatoms. The first-order valence-corrected chi connectivity index (χ1v) is 6.91. The Bertz CT molecular complexity index is 304. The second-order valence-electron chi connectivity index (χ2n) is 3.91. The molecule has 0 saturated carbocycles. The first-order chi connectivity index (χ1) is 7.77. The van der Waals surface area contributed by atoms with Crippen LogP contribution in [0.3, 0.4) is 0 Å². The van der Waals surface area contributed by atoms with Crippen molar-refractivity contribution in [1.82, 2.24) is 5.32 Å². The minimum atomic E-state index is -0.235. The quantitative estimate of drug-likeness (QED) is 0.581. The normalized spacial score (nSPS) is 12.7. The lowest BCUT2D eigenvalue weighted by molar-refractivity contribution is 0.441. The Kier molecular flexibility index (Phi) is 6.50. The van der Waals surface area contributed by atoms with Crippen LogP contribution >= 0.6 is 11.8 Å². The fraction of sp³-hybridized carbons (Fsp3) is 0.538. The van der Waals surface area contributed by atoms with Crippen LogP contribution in [0.25, 0.3) is 0 Å². The first-order valence-electron chi connectivity index (χ1n) is 5.69. The second-order valence-corrected chi connectivity index (χ2v) is 4.76. The summed E-state index contributed by atoms with van der Waals surface area (Å²) in [6.07, 6.45) is 3.71. The highest BCUT2D eigenvalue weighted by Gasteiger charge is 2.05. The van der Waals surface area contributed by atoms with Gasteiger partial charge < -0.3 is 5.32 Å². The third kappa shape index (κ3) is 4.54. The molecule has 16 heavy (non-hydrogen) atoms. The maximum absolute atomic E-state index is 11.9. The number of nitrogens with one attached hydrogen (secondary N) is 1. The van der Waals surface area contributed by atoms with Crippen molar-refractivity contribution in [1.29, 1.82) is 0 Å². The van der Waals surface area contributed by atoms with Gasteiger partial charge in [-0.2, -0.15) is 0 Å². The molecule has 1 aromatic carbocycles. The van der Waals surface area contributed by atoms with E-state index in [0.717, 1.165) is 13.0 Å². The Morgan fingerprint density at radius 3 is 2.81 bits per heavy atom. The predicted octanol–water partition coefficient (Wildman–Crippen LogP) is 3.29. The molecular formula is C13H20FNS. The highest BCUT2D eigenvalue weighted by molar-refractivity contribution is 7.98. The van der Waals surface area contributed by atoms with Gasteiger partial charge in [0.2, 0.25) is 0 Å². The molecule has 0 bridgehead atoms. The molecule has 0 aliphatic rings. The van der Waals surface area contributed by atoms with E-state index in [0.29, 0.717) is 12.5 Å². The van der Waals surface area contributed by atoms with Crippen LogP contribution in [0.2, 0.25) is 0 Å². The van der Waals surface area contributed by atoms with E-state index >= 15 is 0 Å². The minimum Gasteiger partial charge on any atom is -0.314 e. The summed E-state index contributed by atoms with van der Waals surface area (Å²) >= 11 is 1.78. The molecule has 0 saturated heterocycles. The van der Waals surface area contributed by atoms with Gasteiger partial charge >= 0.3 is 0 Å². The Hall–Kier alpha value is -0.540. The number of thioether (sulfide) groups is 1. The van der Waals surface area contributed by atoms with E-state index in [1.54, 1.807) is 11.8 Å². The zero-order valence-electron chi connectivity index (χ0n) is 10.0. The topological polar surface area (TPSA) is 12.0 Å². The van der Waals surface area contributed by atoms with Gasteiger partial charge in [0.05, 0.1) is 6.67 Å². The van der Waals surface area contributed by atoms with Crippen LogP contribution in [0.1, 0.15) is 18.9 Å². The molecule has 0 aliphatic heterocycles. The number of rotatable bonds is 7. The van der Waals surface area contributed by atoms with Crippen LogP contribution in [0.15, 0.2) is 29.2 Å². The van der Waals surface area contributed by atoms with Crippen molar-refractivity contribution in [2.75, 3.05) is 19.5 Å². The van der Waals surface area contributed by atoms with Gasteiger partial charge in [-0.1, -0.05) is 18.2 Å². The van der Waals surface area contributed by atoms with Crippen LogP contribution in [0.4, 0.5) is 4.39 Å². The summed E-state index contributed by atoms with van der Waals surface area (Å²) in [4.78, 5) is 1.33.